The average Bonchev–Trinajstić information content (AvgIpc) is 2.94. The predicted molar refractivity (Wildman–Crippen MR) is 89.5 cm³/mol. The van der Waals surface area contributed by atoms with Gasteiger partial charge in [-0.25, -0.2) is 0 Å². The van der Waals surface area contributed by atoms with E-state index in [1.807, 2.05) is 0 Å². The second-order valence-electron chi connectivity index (χ2n) is 6.70. The second-order valence-corrected chi connectivity index (χ2v) is 6.70. The molecule has 0 aromatic heterocycles. The Morgan fingerprint density at radius 3 is 2.29 bits per heavy atom. The van der Waals surface area contributed by atoms with Gasteiger partial charge in [0.05, 0.1) is 6.04 Å². The van der Waals surface area contributed by atoms with Crippen LogP contribution in [0, 0.1) is 5.92 Å². The lowest BCUT2D eigenvalue weighted by molar-refractivity contribution is 0.647. The van der Waals surface area contributed by atoms with Crippen molar-refractivity contribution in [2.24, 2.45) is 11.7 Å². The fraction of sp³-hybridized carbons (Fsp3) is 0.400. The molecule has 1 atom stereocenters. The van der Waals surface area contributed by atoms with Crippen LogP contribution >= 0.6 is 0 Å². The molecule has 2 N–H and O–H groups in total. The number of rotatable bonds is 4. The Morgan fingerprint density at radius 2 is 1.57 bits per heavy atom. The number of aryl methyl sites for hydroxylation is 2. The molecule has 1 heteroatoms. The molecule has 21 heavy (non-hydrogen) atoms. The van der Waals surface area contributed by atoms with E-state index in [0.717, 1.165) is 6.42 Å². The highest BCUT2D eigenvalue weighted by atomic mass is 14.6. The summed E-state index contributed by atoms with van der Waals surface area (Å²) in [5.41, 5.74) is 13.3. The Morgan fingerprint density at radius 1 is 0.905 bits per heavy atom. The molecule has 0 aliphatic heterocycles. The van der Waals surface area contributed by atoms with Crippen molar-refractivity contribution in [3.8, 4) is 0 Å². The van der Waals surface area contributed by atoms with Gasteiger partial charge in [0.1, 0.15) is 0 Å². The topological polar surface area (TPSA) is 26.0 Å². The van der Waals surface area contributed by atoms with Crippen molar-refractivity contribution < 1.29 is 0 Å². The minimum absolute atomic E-state index is 0.0102. The monoisotopic (exact) mass is 279 g/mol. The van der Waals surface area contributed by atoms with Crippen molar-refractivity contribution in [3.63, 3.8) is 0 Å². The van der Waals surface area contributed by atoms with Crippen LogP contribution in [0.4, 0.5) is 0 Å². The molecule has 1 aliphatic carbocycles. The summed E-state index contributed by atoms with van der Waals surface area (Å²) in [6, 6.07) is 15.6. The van der Waals surface area contributed by atoms with Gasteiger partial charge in [0.2, 0.25) is 0 Å². The Labute approximate surface area is 128 Å². The van der Waals surface area contributed by atoms with Crippen LogP contribution in [0.15, 0.2) is 42.5 Å². The average molecular weight is 279 g/mol. The third-order valence-corrected chi connectivity index (χ3v) is 4.46. The molecular weight excluding hydrogens is 254 g/mol. The van der Waals surface area contributed by atoms with Gasteiger partial charge in [0, 0.05) is 0 Å². The number of hydrogen-bond donors (Lipinski definition) is 1. The molecule has 1 aliphatic rings. The van der Waals surface area contributed by atoms with Gasteiger partial charge in [-0.3, -0.25) is 0 Å². The maximum Gasteiger partial charge on any atom is 0.0551 e. The summed E-state index contributed by atoms with van der Waals surface area (Å²) in [6.45, 7) is 4.51. The predicted octanol–water partition coefficient (Wildman–Crippen LogP) is 4.42. The van der Waals surface area contributed by atoms with E-state index < -0.39 is 0 Å². The van der Waals surface area contributed by atoms with Crippen molar-refractivity contribution in [1.29, 1.82) is 0 Å². The Kier molecular flexibility index (Phi) is 4.12. The van der Waals surface area contributed by atoms with Crippen LogP contribution in [0.5, 0.6) is 0 Å². The van der Waals surface area contributed by atoms with Gasteiger partial charge in [0.25, 0.3) is 0 Å². The largest absolute Gasteiger partial charge is 0.320 e. The molecule has 1 nitrogen and oxygen atoms in total. The maximum absolute atomic E-state index is 6.46. The first-order chi connectivity index (χ1) is 10.1. The van der Waals surface area contributed by atoms with Crippen LogP contribution in [0.2, 0.25) is 0 Å². The Bertz CT molecular complexity index is 610. The van der Waals surface area contributed by atoms with Crippen LogP contribution in [0.25, 0.3) is 0 Å². The normalized spacial score (nSPS) is 15.2. The molecule has 0 heterocycles. The molecule has 2 aromatic rings. The standard InChI is InChI=1S/C20H25N/c1-14(2)12-15-6-8-17(9-7-15)20(21)19-11-10-16-4-3-5-18(16)13-19/h6-11,13-14,20H,3-5,12,21H2,1-2H3. The lowest BCUT2D eigenvalue weighted by atomic mass is 9.94. The number of nitrogens with two attached hydrogens (primary N) is 1. The van der Waals surface area contributed by atoms with E-state index in [9.17, 15) is 0 Å². The van der Waals surface area contributed by atoms with Crippen molar-refractivity contribution in [2.45, 2.75) is 45.6 Å². The maximum atomic E-state index is 6.46. The van der Waals surface area contributed by atoms with E-state index in [0.29, 0.717) is 5.92 Å². The summed E-state index contributed by atoms with van der Waals surface area (Å²) in [4.78, 5) is 0. The molecule has 0 bridgehead atoms. The molecule has 2 aromatic carbocycles. The van der Waals surface area contributed by atoms with Gasteiger partial charge in [-0.1, -0.05) is 56.3 Å². The van der Waals surface area contributed by atoms with Crippen molar-refractivity contribution in [2.75, 3.05) is 0 Å². The molecule has 0 fully saturated rings. The molecule has 0 spiro atoms. The smallest absolute Gasteiger partial charge is 0.0551 e. The molecule has 0 amide bonds. The number of benzene rings is 2. The zero-order valence-electron chi connectivity index (χ0n) is 13.1. The molecule has 0 radical (unpaired) electrons. The van der Waals surface area contributed by atoms with Crippen LogP contribution in [0.1, 0.15) is 54.1 Å². The molecule has 1 unspecified atom stereocenters. The van der Waals surface area contributed by atoms with Gasteiger partial charge in [-0.2, -0.15) is 0 Å². The molecule has 110 valence electrons. The molecule has 0 saturated heterocycles. The quantitative estimate of drug-likeness (QED) is 0.880. The minimum Gasteiger partial charge on any atom is -0.320 e. The zero-order valence-corrected chi connectivity index (χ0v) is 13.1. The van der Waals surface area contributed by atoms with Gasteiger partial charge in [-0.05, 0) is 59.4 Å². The van der Waals surface area contributed by atoms with Crippen LogP contribution in [-0.2, 0) is 19.3 Å². The Hall–Kier alpha value is -1.60. The SMILES string of the molecule is CC(C)Cc1ccc(C(N)c2ccc3c(c2)CCC3)cc1. The Balaban J connectivity index is 1.79. The summed E-state index contributed by atoms with van der Waals surface area (Å²) < 4.78 is 0. The van der Waals surface area contributed by atoms with Crippen molar-refractivity contribution in [1.82, 2.24) is 0 Å². The highest BCUT2D eigenvalue weighted by Gasteiger charge is 2.14. The summed E-state index contributed by atoms with van der Waals surface area (Å²) in [5.74, 6) is 0.696. The van der Waals surface area contributed by atoms with Crippen molar-refractivity contribution >= 4 is 0 Å². The van der Waals surface area contributed by atoms with E-state index in [1.165, 1.54) is 47.1 Å². The lowest BCUT2D eigenvalue weighted by Crippen LogP contribution is -2.12. The third-order valence-electron chi connectivity index (χ3n) is 4.46. The van der Waals surface area contributed by atoms with E-state index in [1.54, 1.807) is 0 Å². The zero-order chi connectivity index (χ0) is 14.8. The van der Waals surface area contributed by atoms with Gasteiger partial charge in [-0.15, -0.1) is 0 Å². The molecule has 3 rings (SSSR count). The number of hydrogen-bond acceptors (Lipinski definition) is 1. The first-order valence-electron chi connectivity index (χ1n) is 8.09. The van der Waals surface area contributed by atoms with Gasteiger partial charge in [0.15, 0.2) is 0 Å². The number of fused-ring (bicyclic) bond motifs is 1. The van der Waals surface area contributed by atoms with E-state index in [4.69, 9.17) is 5.73 Å². The van der Waals surface area contributed by atoms with E-state index >= 15 is 0 Å². The summed E-state index contributed by atoms with van der Waals surface area (Å²) in [6.07, 6.45) is 4.87. The highest BCUT2D eigenvalue weighted by molar-refractivity contribution is 5.40. The fourth-order valence-corrected chi connectivity index (χ4v) is 3.31. The summed E-state index contributed by atoms with van der Waals surface area (Å²) in [5, 5.41) is 0. The van der Waals surface area contributed by atoms with Crippen LogP contribution < -0.4 is 5.73 Å². The fourth-order valence-electron chi connectivity index (χ4n) is 3.31. The second kappa shape index (κ2) is 6.03. The first-order valence-corrected chi connectivity index (χ1v) is 8.09. The lowest BCUT2D eigenvalue weighted by Gasteiger charge is -2.15. The van der Waals surface area contributed by atoms with Gasteiger partial charge >= 0.3 is 0 Å². The highest BCUT2D eigenvalue weighted by Crippen LogP contribution is 2.27. The van der Waals surface area contributed by atoms with Crippen LogP contribution in [0.3, 0.4) is 0 Å². The molecule has 0 saturated carbocycles. The van der Waals surface area contributed by atoms with E-state index in [-0.39, 0.29) is 6.04 Å². The third kappa shape index (κ3) is 3.19. The summed E-state index contributed by atoms with van der Waals surface area (Å²) >= 11 is 0. The van der Waals surface area contributed by atoms with Crippen LogP contribution in [-0.4, -0.2) is 0 Å². The van der Waals surface area contributed by atoms with Crippen molar-refractivity contribution in [3.05, 3.63) is 70.3 Å². The molecular formula is C20H25N. The minimum atomic E-state index is -0.0102. The van der Waals surface area contributed by atoms with Gasteiger partial charge < -0.3 is 5.73 Å². The first kappa shape index (κ1) is 14.3. The summed E-state index contributed by atoms with van der Waals surface area (Å²) in [7, 11) is 0. The van der Waals surface area contributed by atoms with E-state index in [2.05, 4.69) is 56.3 Å².